The van der Waals surface area contributed by atoms with Crippen LogP contribution in [-0.2, 0) is 6.30 Å². The van der Waals surface area contributed by atoms with Crippen LogP contribution >= 0.6 is 0 Å². The minimum Gasteiger partial charge on any atom is -0.269 e. The molecule has 0 aromatic carbocycles. The second-order valence-corrected chi connectivity index (χ2v) is 3.29. The number of nitrogens with zero attached hydrogens (tertiary/aromatic N) is 1. The third kappa shape index (κ3) is 2.16. The largest absolute Gasteiger partial charge is 0.491 e. The lowest BCUT2D eigenvalue weighted by molar-refractivity contribution is -0.206. The summed E-state index contributed by atoms with van der Waals surface area (Å²) in [5.41, 5.74) is -0.566. The Morgan fingerprint density at radius 2 is 1.86 bits per heavy atom. The van der Waals surface area contributed by atoms with Gasteiger partial charge in [-0.3, -0.25) is 4.79 Å². The Morgan fingerprint density at radius 3 is 2.29 bits per heavy atom. The van der Waals surface area contributed by atoms with E-state index in [4.69, 9.17) is 0 Å². The number of alkyl halides is 3. The third-order valence-corrected chi connectivity index (χ3v) is 1.87. The second kappa shape index (κ2) is 3.48. The zero-order chi connectivity index (χ0) is 10.9. The molecule has 1 aromatic heterocycles. The van der Waals surface area contributed by atoms with Crippen molar-refractivity contribution < 1.29 is 13.2 Å². The molecule has 0 N–H and O–H groups in total. The van der Waals surface area contributed by atoms with E-state index in [2.05, 4.69) is 0 Å². The van der Waals surface area contributed by atoms with Gasteiger partial charge in [0.15, 0.2) is 0 Å². The number of rotatable bonds is 1. The molecule has 0 aliphatic rings. The van der Waals surface area contributed by atoms with Gasteiger partial charge in [-0.05, 0) is 11.5 Å². The van der Waals surface area contributed by atoms with E-state index >= 15 is 0 Å². The molecule has 5 heteroatoms. The van der Waals surface area contributed by atoms with Gasteiger partial charge in [-0.25, -0.2) is 4.57 Å². The van der Waals surface area contributed by atoms with Gasteiger partial charge in [0.1, 0.15) is 0 Å². The van der Waals surface area contributed by atoms with Crippen molar-refractivity contribution in [1.29, 1.82) is 0 Å². The van der Waals surface area contributed by atoms with Gasteiger partial charge in [-0.2, -0.15) is 0 Å². The Bertz CT molecular complexity index is 378. The van der Waals surface area contributed by atoms with Crippen molar-refractivity contribution in [2.45, 2.75) is 26.1 Å². The molecule has 0 atom stereocenters. The average molecular weight is 205 g/mol. The van der Waals surface area contributed by atoms with E-state index in [1.807, 2.05) is 0 Å². The first kappa shape index (κ1) is 10.8. The van der Waals surface area contributed by atoms with Crippen molar-refractivity contribution in [2.75, 3.05) is 0 Å². The summed E-state index contributed by atoms with van der Waals surface area (Å²) in [6.45, 7) is 3.53. The zero-order valence-electron chi connectivity index (χ0n) is 7.80. The summed E-state index contributed by atoms with van der Waals surface area (Å²) in [6.07, 6.45) is -3.80. The van der Waals surface area contributed by atoms with Crippen LogP contribution in [0.3, 0.4) is 0 Å². The number of hydrogen-bond donors (Lipinski definition) is 0. The van der Waals surface area contributed by atoms with Crippen LogP contribution in [0.15, 0.2) is 23.1 Å². The predicted molar refractivity (Wildman–Crippen MR) is 46.1 cm³/mol. The molecule has 0 aliphatic carbocycles. The van der Waals surface area contributed by atoms with Gasteiger partial charge < -0.3 is 0 Å². The highest BCUT2D eigenvalue weighted by Crippen LogP contribution is 2.21. The lowest BCUT2D eigenvalue weighted by Crippen LogP contribution is -2.30. The van der Waals surface area contributed by atoms with E-state index in [9.17, 15) is 18.0 Å². The number of halogens is 3. The molecule has 0 bridgehead atoms. The first-order valence-corrected chi connectivity index (χ1v) is 4.12. The summed E-state index contributed by atoms with van der Waals surface area (Å²) in [7, 11) is 0. The molecular formula is C9H10F3NO. The van der Waals surface area contributed by atoms with Crippen LogP contribution in [-0.4, -0.2) is 4.57 Å². The molecule has 0 saturated carbocycles. The van der Waals surface area contributed by atoms with Gasteiger partial charge >= 0.3 is 6.30 Å². The molecule has 0 spiro atoms. The van der Waals surface area contributed by atoms with Crippen molar-refractivity contribution in [3.63, 3.8) is 0 Å². The maximum absolute atomic E-state index is 12.3. The Hall–Kier alpha value is -1.26. The minimum atomic E-state index is -4.64. The van der Waals surface area contributed by atoms with Gasteiger partial charge in [-0.15, -0.1) is 13.2 Å². The van der Waals surface area contributed by atoms with E-state index in [1.165, 1.54) is 6.07 Å². The van der Waals surface area contributed by atoms with Gasteiger partial charge in [0.25, 0.3) is 5.56 Å². The molecule has 14 heavy (non-hydrogen) atoms. The second-order valence-electron chi connectivity index (χ2n) is 3.29. The summed E-state index contributed by atoms with van der Waals surface area (Å²) in [4.78, 5) is 10.9. The van der Waals surface area contributed by atoms with Crippen molar-refractivity contribution >= 4 is 0 Å². The van der Waals surface area contributed by atoms with Crippen molar-refractivity contribution in [3.05, 3.63) is 34.2 Å². The zero-order valence-corrected chi connectivity index (χ0v) is 7.80. The first-order chi connectivity index (χ1) is 6.32. The maximum Gasteiger partial charge on any atom is 0.491 e. The summed E-state index contributed by atoms with van der Waals surface area (Å²) in [5.74, 6) is -0.0378. The molecule has 0 fully saturated rings. The van der Waals surface area contributed by atoms with Crippen LogP contribution in [0.5, 0.6) is 0 Å². The van der Waals surface area contributed by atoms with Gasteiger partial charge in [0.05, 0.1) is 0 Å². The van der Waals surface area contributed by atoms with E-state index in [-0.39, 0.29) is 10.5 Å². The molecule has 0 unspecified atom stereocenters. The van der Waals surface area contributed by atoms with Crippen LogP contribution in [0.25, 0.3) is 0 Å². The molecule has 78 valence electrons. The predicted octanol–water partition coefficient (Wildman–Crippen LogP) is 2.45. The number of pyridine rings is 1. The highest BCUT2D eigenvalue weighted by Gasteiger charge is 2.31. The van der Waals surface area contributed by atoms with E-state index in [1.54, 1.807) is 13.8 Å². The van der Waals surface area contributed by atoms with Crippen LogP contribution in [0.2, 0.25) is 0 Å². The molecule has 0 radical (unpaired) electrons. The average Bonchev–Trinajstić information content (AvgIpc) is 2.02. The molecule has 0 aliphatic heterocycles. The Balaban J connectivity index is 3.30. The third-order valence-electron chi connectivity index (χ3n) is 1.87. The minimum absolute atomic E-state index is 0.0378. The lowest BCUT2D eigenvalue weighted by Gasteiger charge is -2.12. The van der Waals surface area contributed by atoms with E-state index < -0.39 is 11.9 Å². The van der Waals surface area contributed by atoms with E-state index in [0.29, 0.717) is 5.56 Å². The van der Waals surface area contributed by atoms with Gasteiger partial charge in [0.2, 0.25) is 0 Å². The SMILES string of the molecule is CC(C)c1ccc(=O)n(C(F)(F)F)c1. The molecule has 1 rings (SSSR count). The monoisotopic (exact) mass is 205 g/mol. The highest BCUT2D eigenvalue weighted by atomic mass is 19.4. The maximum atomic E-state index is 12.3. The van der Waals surface area contributed by atoms with Crippen LogP contribution < -0.4 is 5.56 Å². The quantitative estimate of drug-likeness (QED) is 0.690. The highest BCUT2D eigenvalue weighted by molar-refractivity contribution is 5.14. The molecule has 2 nitrogen and oxygen atoms in total. The van der Waals surface area contributed by atoms with E-state index in [0.717, 1.165) is 12.3 Å². The molecule has 1 heterocycles. The molecule has 1 aromatic rings. The Morgan fingerprint density at radius 1 is 1.29 bits per heavy atom. The molecule has 0 amide bonds. The number of hydrogen-bond acceptors (Lipinski definition) is 1. The van der Waals surface area contributed by atoms with Crippen LogP contribution in [0.4, 0.5) is 13.2 Å². The van der Waals surface area contributed by atoms with Crippen LogP contribution in [0, 0.1) is 0 Å². The summed E-state index contributed by atoms with van der Waals surface area (Å²) >= 11 is 0. The normalized spacial score (nSPS) is 12.1. The Kier molecular flexibility index (Phi) is 2.69. The van der Waals surface area contributed by atoms with Crippen molar-refractivity contribution in [2.24, 2.45) is 0 Å². The van der Waals surface area contributed by atoms with Gasteiger partial charge in [0, 0.05) is 12.3 Å². The fraction of sp³-hybridized carbons (Fsp3) is 0.444. The molecule has 0 saturated heterocycles. The van der Waals surface area contributed by atoms with Gasteiger partial charge in [-0.1, -0.05) is 19.9 Å². The number of aromatic nitrogens is 1. The standard InChI is InChI=1S/C9H10F3NO/c1-6(2)7-3-4-8(14)13(5-7)9(10,11)12/h3-6H,1-2H3. The molecular weight excluding hydrogens is 195 g/mol. The topological polar surface area (TPSA) is 22.0 Å². The Labute approximate surface area is 79.0 Å². The summed E-state index contributed by atoms with van der Waals surface area (Å²) in [6, 6.07) is 2.35. The van der Waals surface area contributed by atoms with Crippen LogP contribution in [0.1, 0.15) is 25.3 Å². The lowest BCUT2D eigenvalue weighted by atomic mass is 10.1. The first-order valence-electron chi connectivity index (χ1n) is 4.12. The summed E-state index contributed by atoms with van der Waals surface area (Å²) in [5, 5.41) is 0. The smallest absolute Gasteiger partial charge is 0.269 e. The fourth-order valence-corrected chi connectivity index (χ4v) is 1.04. The van der Waals surface area contributed by atoms with Crippen molar-refractivity contribution in [1.82, 2.24) is 4.57 Å². The summed E-state index contributed by atoms with van der Waals surface area (Å²) < 4.78 is 36.6. The fourth-order valence-electron chi connectivity index (χ4n) is 1.04. The van der Waals surface area contributed by atoms with Crippen molar-refractivity contribution in [3.8, 4) is 0 Å².